The van der Waals surface area contributed by atoms with Gasteiger partial charge < -0.3 is 10.6 Å². The third-order valence-corrected chi connectivity index (χ3v) is 5.52. The van der Waals surface area contributed by atoms with Crippen molar-refractivity contribution in [1.82, 2.24) is 19.7 Å². The largest absolute Gasteiger partial charge is 0.336 e. The molecule has 9 nitrogen and oxygen atoms in total. The number of hydrogen-bond donors (Lipinski definition) is 2. The molecule has 0 saturated heterocycles. The van der Waals surface area contributed by atoms with Crippen molar-refractivity contribution in [1.29, 1.82) is 0 Å². The van der Waals surface area contributed by atoms with Crippen LogP contribution in [-0.2, 0) is 18.2 Å². The number of halogens is 2. The van der Waals surface area contributed by atoms with Crippen LogP contribution >= 0.6 is 23.2 Å². The van der Waals surface area contributed by atoms with Crippen LogP contribution in [0.15, 0.2) is 27.0 Å². The summed E-state index contributed by atoms with van der Waals surface area (Å²) in [6, 6.07) is 5.10. The number of amidine groups is 2. The van der Waals surface area contributed by atoms with E-state index in [0.717, 1.165) is 22.3 Å². The van der Waals surface area contributed by atoms with Crippen molar-refractivity contribution in [2.24, 2.45) is 15.8 Å². The Morgan fingerprint density at radius 2 is 1.67 bits per heavy atom. The summed E-state index contributed by atoms with van der Waals surface area (Å²) in [4.78, 5) is 8.57. The van der Waals surface area contributed by atoms with Crippen molar-refractivity contribution in [2.75, 3.05) is 10.6 Å². The van der Waals surface area contributed by atoms with Gasteiger partial charge in [-0.05, 0) is 36.6 Å². The lowest BCUT2D eigenvalue weighted by Crippen LogP contribution is -2.28. The molecule has 0 amide bonds. The molecule has 12 heteroatoms. The zero-order valence-electron chi connectivity index (χ0n) is 16.6. The molecule has 4 rings (SSSR count). The highest BCUT2D eigenvalue weighted by atomic mass is 35.5. The molecule has 30 heavy (non-hydrogen) atoms. The summed E-state index contributed by atoms with van der Waals surface area (Å²) in [5, 5.41) is 12.1. The number of nitrogens with one attached hydrogen (secondary N) is 2. The van der Waals surface area contributed by atoms with E-state index in [1.165, 1.54) is 0 Å². The molecule has 1 atom stereocenters. The first-order valence-electron chi connectivity index (χ1n) is 9.02. The van der Waals surface area contributed by atoms with Gasteiger partial charge in [0.25, 0.3) is 11.2 Å². The Morgan fingerprint density at radius 3 is 2.30 bits per heavy atom. The minimum absolute atomic E-state index is 0.219. The maximum Gasteiger partial charge on any atom is 0.269 e. The fourth-order valence-electron chi connectivity index (χ4n) is 3.22. The number of aryl methyl sites for hydroxylation is 2. The molecule has 4 heterocycles. The molecule has 0 radical (unpaired) electrons. The van der Waals surface area contributed by atoms with Crippen LogP contribution in [0.4, 0.5) is 11.5 Å². The lowest BCUT2D eigenvalue weighted by atomic mass is 10.00. The molecule has 0 aromatic carbocycles. The van der Waals surface area contributed by atoms with Crippen molar-refractivity contribution < 1.29 is 4.21 Å². The number of hydrogen-bond acceptors (Lipinski definition) is 6. The molecule has 156 valence electrons. The standard InChI is InChI=1S/C18H18Cl2N8OS/c1-8(2)11-7-14(24-18-15(11)9(3)25-28(18)4)23-17-16(26-30(29)27-17)21-10-5-12(19)22-13(20)6-10/h5-8H,1-4H3,(H,21,22,26)(H,23,24,27). The minimum Gasteiger partial charge on any atom is -0.336 e. The number of fused-ring (bicyclic) bond motifs is 1. The number of aromatic nitrogens is 4. The Bertz CT molecular complexity index is 1230. The first-order chi connectivity index (χ1) is 14.2. The van der Waals surface area contributed by atoms with Crippen molar-refractivity contribution in [3.05, 3.63) is 39.8 Å². The van der Waals surface area contributed by atoms with Gasteiger partial charge in [0.05, 0.1) is 5.69 Å². The van der Waals surface area contributed by atoms with Gasteiger partial charge in [-0.1, -0.05) is 37.0 Å². The molecule has 1 aliphatic rings. The summed E-state index contributed by atoms with van der Waals surface area (Å²) in [5.41, 5.74) is 3.32. The molecule has 2 N–H and O–H groups in total. The van der Waals surface area contributed by atoms with Crippen molar-refractivity contribution >= 4 is 68.6 Å². The highest BCUT2D eigenvalue weighted by molar-refractivity contribution is 7.83. The summed E-state index contributed by atoms with van der Waals surface area (Å²) < 4.78 is 21.8. The van der Waals surface area contributed by atoms with E-state index >= 15 is 0 Å². The molecular weight excluding hydrogens is 447 g/mol. The second-order valence-corrected chi connectivity index (χ2v) is 8.62. The number of nitrogens with zero attached hydrogens (tertiary/aromatic N) is 6. The molecule has 3 aromatic heterocycles. The highest BCUT2D eigenvalue weighted by Gasteiger charge is 2.22. The average Bonchev–Trinajstić information content (AvgIpc) is 3.12. The maximum absolute atomic E-state index is 12.0. The SMILES string of the molecule is Cc1nn(C)c2nc(NC3=NS(=O)N=C3Nc3cc(Cl)nc(Cl)c3)cc(C(C)C)c12. The Morgan fingerprint density at radius 1 is 1.03 bits per heavy atom. The molecule has 3 aromatic rings. The van der Waals surface area contributed by atoms with E-state index in [-0.39, 0.29) is 27.9 Å². The van der Waals surface area contributed by atoms with Crippen LogP contribution in [-0.4, -0.2) is 35.6 Å². The molecule has 0 fully saturated rings. The molecule has 1 aliphatic heterocycles. The number of rotatable bonds is 3. The number of pyridine rings is 2. The highest BCUT2D eigenvalue weighted by Crippen LogP contribution is 2.29. The third-order valence-electron chi connectivity index (χ3n) is 4.46. The van der Waals surface area contributed by atoms with Crippen molar-refractivity contribution in [3.8, 4) is 0 Å². The second-order valence-electron chi connectivity index (χ2n) is 7.02. The zero-order chi connectivity index (χ0) is 21.6. The summed E-state index contributed by atoms with van der Waals surface area (Å²) in [7, 11) is 1.85. The maximum atomic E-state index is 12.0. The Balaban J connectivity index is 1.68. The van der Waals surface area contributed by atoms with E-state index in [0.29, 0.717) is 11.5 Å². The van der Waals surface area contributed by atoms with Crippen molar-refractivity contribution in [2.45, 2.75) is 26.7 Å². The van der Waals surface area contributed by atoms with E-state index in [9.17, 15) is 4.21 Å². The predicted molar refractivity (Wildman–Crippen MR) is 122 cm³/mol. The van der Waals surface area contributed by atoms with Gasteiger partial charge in [-0.3, -0.25) is 4.68 Å². The first kappa shape index (κ1) is 20.7. The van der Waals surface area contributed by atoms with Gasteiger partial charge in [0.15, 0.2) is 17.3 Å². The van der Waals surface area contributed by atoms with Gasteiger partial charge in [0.2, 0.25) is 0 Å². The summed E-state index contributed by atoms with van der Waals surface area (Å²) >= 11 is 10.1. The van der Waals surface area contributed by atoms with Crippen LogP contribution in [0.1, 0.15) is 31.0 Å². The monoisotopic (exact) mass is 464 g/mol. The molecule has 1 unspecified atom stereocenters. The Hall–Kier alpha value is -2.56. The second kappa shape index (κ2) is 7.93. The van der Waals surface area contributed by atoms with Gasteiger partial charge in [0.1, 0.15) is 16.1 Å². The summed E-state index contributed by atoms with van der Waals surface area (Å²) in [6.07, 6.45) is 0. The van der Waals surface area contributed by atoms with Crippen LogP contribution in [0.3, 0.4) is 0 Å². The normalized spacial score (nSPS) is 16.2. The Labute approximate surface area is 185 Å². The fraction of sp³-hybridized carbons (Fsp3) is 0.278. The summed E-state index contributed by atoms with van der Waals surface area (Å²) in [6.45, 7) is 6.18. The molecule has 0 bridgehead atoms. The lowest BCUT2D eigenvalue weighted by Gasteiger charge is -2.13. The average molecular weight is 465 g/mol. The quantitative estimate of drug-likeness (QED) is 0.566. The van der Waals surface area contributed by atoms with Gasteiger partial charge in [0, 0.05) is 18.1 Å². The minimum atomic E-state index is -1.76. The molecular formula is C18H18Cl2N8OS. The smallest absolute Gasteiger partial charge is 0.269 e. The van der Waals surface area contributed by atoms with E-state index < -0.39 is 11.2 Å². The molecule has 0 aliphatic carbocycles. The first-order valence-corrected chi connectivity index (χ1v) is 10.8. The fourth-order valence-corrected chi connectivity index (χ4v) is 4.30. The predicted octanol–water partition coefficient (Wildman–Crippen LogP) is 4.02. The van der Waals surface area contributed by atoms with Crippen LogP contribution in [0, 0.1) is 6.92 Å². The van der Waals surface area contributed by atoms with E-state index in [1.54, 1.807) is 16.8 Å². The topological polar surface area (TPSA) is 109 Å². The van der Waals surface area contributed by atoms with Gasteiger partial charge in [-0.2, -0.15) is 5.10 Å². The summed E-state index contributed by atoms with van der Waals surface area (Å²) in [5.74, 6) is 1.37. The van der Waals surface area contributed by atoms with Gasteiger partial charge in [-0.25, -0.2) is 14.2 Å². The third kappa shape index (κ3) is 4.03. The van der Waals surface area contributed by atoms with Gasteiger partial charge >= 0.3 is 0 Å². The van der Waals surface area contributed by atoms with E-state index in [2.05, 4.69) is 48.3 Å². The van der Waals surface area contributed by atoms with Crippen LogP contribution in [0.5, 0.6) is 0 Å². The molecule has 0 saturated carbocycles. The number of anilines is 2. The van der Waals surface area contributed by atoms with E-state index in [1.807, 2.05) is 20.0 Å². The van der Waals surface area contributed by atoms with Crippen LogP contribution in [0.2, 0.25) is 10.3 Å². The van der Waals surface area contributed by atoms with Gasteiger partial charge in [-0.15, -0.1) is 8.80 Å². The van der Waals surface area contributed by atoms with E-state index in [4.69, 9.17) is 23.2 Å². The molecule has 0 spiro atoms. The zero-order valence-corrected chi connectivity index (χ0v) is 18.9. The van der Waals surface area contributed by atoms with Crippen LogP contribution in [0.25, 0.3) is 11.0 Å². The lowest BCUT2D eigenvalue weighted by molar-refractivity contribution is 0.686. The van der Waals surface area contributed by atoms with Crippen molar-refractivity contribution in [3.63, 3.8) is 0 Å². The Kier molecular flexibility index (Phi) is 5.48. The van der Waals surface area contributed by atoms with Crippen LogP contribution < -0.4 is 10.6 Å².